The normalized spacial score (nSPS) is 19.7. The van der Waals surface area contributed by atoms with E-state index in [4.69, 9.17) is 0 Å². The Labute approximate surface area is 150 Å². The van der Waals surface area contributed by atoms with Gasteiger partial charge in [0.05, 0.1) is 41.0 Å². The molecule has 3 aromatic rings. The van der Waals surface area contributed by atoms with Gasteiger partial charge in [0, 0.05) is 35.0 Å². The van der Waals surface area contributed by atoms with Gasteiger partial charge in [0.15, 0.2) is 0 Å². The molecule has 0 aliphatic carbocycles. The first kappa shape index (κ1) is 15.7. The molecule has 0 spiro atoms. The summed E-state index contributed by atoms with van der Waals surface area (Å²) >= 11 is 0. The lowest BCUT2D eigenvalue weighted by atomic mass is 9.76. The maximum Gasteiger partial charge on any atom is 0.0977 e. The van der Waals surface area contributed by atoms with Crippen LogP contribution in [0.4, 0.5) is 0 Å². The summed E-state index contributed by atoms with van der Waals surface area (Å²) in [7, 11) is 0. The Balaban J connectivity index is 1.95. The largest absolute Gasteiger partial charge is 0.278 e. The van der Waals surface area contributed by atoms with Crippen molar-refractivity contribution in [1.82, 2.24) is 15.2 Å². The van der Waals surface area contributed by atoms with E-state index in [0.717, 1.165) is 22.0 Å². The molecule has 0 bridgehead atoms. The number of fused-ring (bicyclic) bond motifs is 1. The van der Waals surface area contributed by atoms with Crippen molar-refractivity contribution in [2.45, 2.75) is 12.8 Å². The molecular weight excluding hydrogens is 324 g/mol. The van der Waals surface area contributed by atoms with Crippen LogP contribution >= 0.6 is 0 Å². The number of nitriles is 2. The first-order valence-corrected chi connectivity index (χ1v) is 8.15. The number of hydrogen-bond donors (Lipinski definition) is 1. The van der Waals surface area contributed by atoms with Gasteiger partial charge in [-0.2, -0.15) is 15.6 Å². The standard InChI is InChI=1S/C20H14N6/c1-12-16(9-21)19(14-2-3-18-15(8-14)11-24-26-18)17(10-22)20(25-12)13-4-6-23-7-5-13/h2-8,11,16,19H,1H3,(H,24,26). The predicted molar refractivity (Wildman–Crippen MR) is 97.8 cm³/mol. The van der Waals surface area contributed by atoms with Gasteiger partial charge >= 0.3 is 0 Å². The van der Waals surface area contributed by atoms with Gasteiger partial charge in [-0.15, -0.1) is 0 Å². The predicted octanol–water partition coefficient (Wildman–Crippen LogP) is 3.59. The summed E-state index contributed by atoms with van der Waals surface area (Å²) in [6, 6.07) is 14.1. The lowest BCUT2D eigenvalue weighted by molar-refractivity contribution is 0.720. The highest BCUT2D eigenvalue weighted by molar-refractivity contribution is 5.97. The molecule has 1 aromatic carbocycles. The van der Waals surface area contributed by atoms with Crippen molar-refractivity contribution in [1.29, 1.82) is 10.5 Å². The maximum atomic E-state index is 9.91. The van der Waals surface area contributed by atoms with Crippen LogP contribution in [0.25, 0.3) is 16.6 Å². The fourth-order valence-corrected chi connectivity index (χ4v) is 3.40. The van der Waals surface area contributed by atoms with Gasteiger partial charge in [-0.25, -0.2) is 0 Å². The number of allylic oxidation sites excluding steroid dienone is 1. The summed E-state index contributed by atoms with van der Waals surface area (Å²) in [6.45, 7) is 1.84. The molecule has 4 rings (SSSR count). The van der Waals surface area contributed by atoms with E-state index in [1.54, 1.807) is 18.6 Å². The van der Waals surface area contributed by atoms with E-state index in [9.17, 15) is 10.5 Å². The molecule has 1 aliphatic rings. The second-order valence-corrected chi connectivity index (χ2v) is 6.16. The number of rotatable bonds is 2. The molecule has 1 N–H and O–H groups in total. The third-order valence-electron chi connectivity index (χ3n) is 4.67. The Hall–Kier alpha value is -3.77. The molecule has 0 saturated carbocycles. The topological polar surface area (TPSA) is 102 Å². The van der Waals surface area contributed by atoms with Crippen LogP contribution in [-0.4, -0.2) is 20.9 Å². The number of hydrogen-bond acceptors (Lipinski definition) is 5. The second-order valence-electron chi connectivity index (χ2n) is 6.16. The quantitative estimate of drug-likeness (QED) is 0.771. The van der Waals surface area contributed by atoms with E-state index < -0.39 is 5.92 Å². The number of aromatic nitrogens is 3. The fraction of sp³-hybridized carbons (Fsp3) is 0.150. The van der Waals surface area contributed by atoms with Crippen molar-refractivity contribution in [3.05, 3.63) is 65.6 Å². The molecule has 2 unspecified atom stereocenters. The fourth-order valence-electron chi connectivity index (χ4n) is 3.40. The highest BCUT2D eigenvalue weighted by atomic mass is 15.1. The molecule has 3 heterocycles. The van der Waals surface area contributed by atoms with E-state index in [0.29, 0.717) is 17.0 Å². The van der Waals surface area contributed by atoms with Crippen LogP contribution < -0.4 is 0 Å². The third kappa shape index (κ3) is 2.45. The average molecular weight is 338 g/mol. The number of nitrogens with one attached hydrogen (secondary N) is 1. The van der Waals surface area contributed by atoms with Gasteiger partial charge in [0.2, 0.25) is 0 Å². The highest BCUT2D eigenvalue weighted by Crippen LogP contribution is 2.41. The molecule has 124 valence electrons. The summed E-state index contributed by atoms with van der Waals surface area (Å²) < 4.78 is 0. The zero-order valence-corrected chi connectivity index (χ0v) is 14.0. The minimum absolute atomic E-state index is 0.370. The summed E-state index contributed by atoms with van der Waals surface area (Å²) in [5.41, 5.74) is 4.45. The zero-order chi connectivity index (χ0) is 18.1. The van der Waals surface area contributed by atoms with Crippen LogP contribution in [0.15, 0.2) is 59.5 Å². The van der Waals surface area contributed by atoms with Crippen molar-refractivity contribution in [3.63, 3.8) is 0 Å². The van der Waals surface area contributed by atoms with Gasteiger partial charge in [-0.1, -0.05) is 6.07 Å². The minimum atomic E-state index is -0.486. The molecular formula is C20H14N6. The Bertz CT molecular complexity index is 1120. The van der Waals surface area contributed by atoms with Gasteiger partial charge in [-0.05, 0) is 36.8 Å². The van der Waals surface area contributed by atoms with Crippen molar-refractivity contribution in [3.8, 4) is 12.1 Å². The number of aromatic amines is 1. The Morgan fingerprint density at radius 2 is 1.92 bits per heavy atom. The minimum Gasteiger partial charge on any atom is -0.278 e. The lowest BCUT2D eigenvalue weighted by Crippen LogP contribution is -2.24. The number of benzene rings is 1. The summed E-state index contributed by atoms with van der Waals surface area (Å²) in [5.74, 6) is -0.857. The first-order chi connectivity index (χ1) is 12.7. The van der Waals surface area contributed by atoms with Gasteiger partial charge in [0.1, 0.15) is 0 Å². The van der Waals surface area contributed by atoms with E-state index in [1.165, 1.54) is 0 Å². The van der Waals surface area contributed by atoms with E-state index >= 15 is 0 Å². The van der Waals surface area contributed by atoms with Crippen molar-refractivity contribution in [2.24, 2.45) is 10.9 Å². The van der Waals surface area contributed by atoms with Gasteiger partial charge in [0.25, 0.3) is 0 Å². The second kappa shape index (κ2) is 6.27. The molecule has 0 radical (unpaired) electrons. The molecule has 2 atom stereocenters. The SMILES string of the molecule is CC1=NC(c2ccncc2)=C(C#N)C(c2ccc3[nH]ncc3c2)C1C#N. The number of H-pyrrole nitrogens is 1. The maximum absolute atomic E-state index is 9.91. The van der Waals surface area contributed by atoms with Crippen molar-refractivity contribution >= 4 is 22.3 Å². The van der Waals surface area contributed by atoms with Crippen LogP contribution in [0.2, 0.25) is 0 Å². The van der Waals surface area contributed by atoms with E-state index in [1.807, 2.05) is 37.3 Å². The van der Waals surface area contributed by atoms with Crippen molar-refractivity contribution < 1.29 is 0 Å². The van der Waals surface area contributed by atoms with Gasteiger partial charge < -0.3 is 0 Å². The molecule has 0 amide bonds. The van der Waals surface area contributed by atoms with Crippen molar-refractivity contribution in [2.75, 3.05) is 0 Å². The van der Waals surface area contributed by atoms with E-state index in [2.05, 4.69) is 32.3 Å². The molecule has 0 fully saturated rings. The average Bonchev–Trinajstić information content (AvgIpc) is 3.15. The Morgan fingerprint density at radius 1 is 1.12 bits per heavy atom. The molecule has 0 saturated heterocycles. The summed E-state index contributed by atoms with van der Waals surface area (Å²) in [5, 5.41) is 27.6. The van der Waals surface area contributed by atoms with Gasteiger partial charge in [-0.3, -0.25) is 15.1 Å². The zero-order valence-electron chi connectivity index (χ0n) is 14.0. The number of pyridine rings is 1. The van der Waals surface area contributed by atoms with Crippen LogP contribution in [0, 0.1) is 28.6 Å². The molecule has 2 aromatic heterocycles. The molecule has 26 heavy (non-hydrogen) atoms. The van der Waals surface area contributed by atoms with Crippen LogP contribution in [0.1, 0.15) is 24.0 Å². The number of aliphatic imine (C=N–C) groups is 1. The Morgan fingerprint density at radius 3 is 2.65 bits per heavy atom. The van der Waals surface area contributed by atoms with Crippen LogP contribution in [0.3, 0.4) is 0 Å². The highest BCUT2D eigenvalue weighted by Gasteiger charge is 2.35. The number of nitrogens with zero attached hydrogens (tertiary/aromatic N) is 5. The van der Waals surface area contributed by atoms with Crippen LogP contribution in [-0.2, 0) is 0 Å². The van der Waals surface area contributed by atoms with Crippen LogP contribution in [0.5, 0.6) is 0 Å². The first-order valence-electron chi connectivity index (χ1n) is 8.15. The molecule has 6 nitrogen and oxygen atoms in total. The molecule has 6 heteroatoms. The smallest absolute Gasteiger partial charge is 0.0977 e. The summed E-state index contributed by atoms with van der Waals surface area (Å²) in [4.78, 5) is 8.62. The third-order valence-corrected chi connectivity index (χ3v) is 4.67. The summed E-state index contributed by atoms with van der Waals surface area (Å²) in [6.07, 6.45) is 5.08. The Kier molecular flexibility index (Phi) is 3.79. The van der Waals surface area contributed by atoms with E-state index in [-0.39, 0.29) is 5.92 Å². The monoisotopic (exact) mass is 338 g/mol. The lowest BCUT2D eigenvalue weighted by Gasteiger charge is -2.27. The molecule has 1 aliphatic heterocycles.